The SMILES string of the molecule is BrC(Br)=S1SC2C3CCC(C3)C2S1. The van der Waals surface area contributed by atoms with Crippen LogP contribution in [0.1, 0.15) is 19.3 Å². The monoisotopic (exact) mass is 360 g/mol. The summed E-state index contributed by atoms with van der Waals surface area (Å²) in [5.74, 6) is 2.12. The van der Waals surface area contributed by atoms with Crippen LogP contribution in [-0.2, 0) is 0 Å². The highest BCUT2D eigenvalue weighted by molar-refractivity contribution is 9.47. The predicted octanol–water partition coefficient (Wildman–Crippen LogP) is 4.61. The molecule has 0 amide bonds. The molecule has 4 unspecified atom stereocenters. The highest BCUT2D eigenvalue weighted by Gasteiger charge is 2.52. The molecule has 0 nitrogen and oxygen atoms in total. The van der Waals surface area contributed by atoms with Gasteiger partial charge < -0.3 is 0 Å². The van der Waals surface area contributed by atoms with Gasteiger partial charge in [-0.3, -0.25) is 0 Å². The number of hydrogen-bond acceptors (Lipinski definition) is 2. The van der Waals surface area contributed by atoms with Crippen LogP contribution in [-0.4, -0.2) is 13.2 Å². The molecule has 3 fully saturated rings. The van der Waals surface area contributed by atoms with E-state index in [1.54, 1.807) is 0 Å². The Morgan fingerprint density at radius 3 is 2.08 bits per heavy atom. The number of halogens is 2. The molecule has 0 spiro atoms. The van der Waals surface area contributed by atoms with E-state index in [9.17, 15) is 0 Å². The molecule has 0 N–H and O–H groups in total. The molecule has 0 radical (unpaired) electrons. The lowest BCUT2D eigenvalue weighted by atomic mass is 10.00. The standard InChI is InChI=1S/C8H10Br2S3/c9-8(10)13-11-6-4-1-2-5(3-4)7(6)12-13/h4-7H,1-3H2. The van der Waals surface area contributed by atoms with Crippen LogP contribution < -0.4 is 0 Å². The van der Waals surface area contributed by atoms with Crippen LogP contribution in [0.3, 0.4) is 0 Å². The van der Waals surface area contributed by atoms with Crippen molar-refractivity contribution in [3.63, 3.8) is 0 Å². The molecule has 3 rings (SSSR count). The van der Waals surface area contributed by atoms with E-state index in [1.807, 2.05) is 0 Å². The summed E-state index contributed by atoms with van der Waals surface area (Å²) < 4.78 is 1.28. The first-order valence-corrected chi connectivity index (χ1v) is 10.1. The Balaban J connectivity index is 1.87. The van der Waals surface area contributed by atoms with E-state index in [2.05, 4.69) is 53.4 Å². The Bertz CT molecular complexity index is 255. The first-order chi connectivity index (χ1) is 6.25. The smallest absolute Gasteiger partial charge is 0.0833 e. The summed E-state index contributed by atoms with van der Waals surface area (Å²) in [6, 6.07) is 0. The van der Waals surface area contributed by atoms with Gasteiger partial charge in [-0.15, -0.1) is 0 Å². The number of fused-ring (bicyclic) bond motifs is 5. The fourth-order valence-corrected chi connectivity index (χ4v) is 13.8. The van der Waals surface area contributed by atoms with Crippen LogP contribution in [0.25, 0.3) is 0 Å². The minimum Gasteiger partial charge on any atom is -0.0833 e. The fraction of sp³-hybridized carbons (Fsp3) is 0.875. The van der Waals surface area contributed by atoms with E-state index in [-0.39, 0.29) is 0 Å². The summed E-state index contributed by atoms with van der Waals surface area (Å²) >= 11 is 7.15. The maximum atomic E-state index is 3.57. The van der Waals surface area contributed by atoms with Crippen LogP contribution >= 0.6 is 62.0 Å². The number of rotatable bonds is 0. The molecule has 0 aromatic carbocycles. The van der Waals surface area contributed by atoms with Crippen molar-refractivity contribution in [3.8, 4) is 0 Å². The van der Waals surface area contributed by atoms with Crippen molar-refractivity contribution in [3.05, 3.63) is 0 Å². The summed E-state index contributed by atoms with van der Waals surface area (Å²) in [7, 11) is 4.82. The largest absolute Gasteiger partial charge is 0.103 e. The van der Waals surface area contributed by atoms with Crippen molar-refractivity contribution in [2.45, 2.75) is 29.8 Å². The molecular weight excluding hydrogens is 352 g/mol. The first kappa shape index (κ1) is 10.1. The molecule has 0 aromatic heterocycles. The van der Waals surface area contributed by atoms with Gasteiger partial charge in [0, 0.05) is 10.5 Å². The van der Waals surface area contributed by atoms with E-state index in [4.69, 9.17) is 0 Å². The second kappa shape index (κ2) is 3.72. The van der Waals surface area contributed by atoms with Gasteiger partial charge in [0.1, 0.15) is 2.68 Å². The number of hydrogen-bond donors (Lipinski definition) is 0. The Morgan fingerprint density at radius 2 is 1.62 bits per heavy atom. The molecule has 1 saturated heterocycles. The van der Waals surface area contributed by atoms with Crippen molar-refractivity contribution >= 4 is 64.7 Å². The van der Waals surface area contributed by atoms with E-state index in [0.29, 0.717) is 8.55 Å². The van der Waals surface area contributed by atoms with Crippen LogP contribution in [0, 0.1) is 11.8 Å². The minimum atomic E-state index is 0.394. The lowest BCUT2D eigenvalue weighted by Crippen LogP contribution is -2.22. The summed E-state index contributed by atoms with van der Waals surface area (Å²) in [6.45, 7) is 0. The van der Waals surface area contributed by atoms with Crippen LogP contribution in [0.15, 0.2) is 0 Å². The topological polar surface area (TPSA) is 0 Å². The van der Waals surface area contributed by atoms with Gasteiger partial charge in [0.25, 0.3) is 0 Å². The third kappa shape index (κ3) is 1.61. The van der Waals surface area contributed by atoms with Crippen molar-refractivity contribution < 1.29 is 0 Å². The van der Waals surface area contributed by atoms with Crippen LogP contribution in [0.2, 0.25) is 0 Å². The summed E-state index contributed by atoms with van der Waals surface area (Å²) in [5.41, 5.74) is 0. The highest BCUT2D eigenvalue weighted by Crippen LogP contribution is 2.70. The Hall–Kier alpha value is 1.88. The zero-order valence-electron chi connectivity index (χ0n) is 6.91. The van der Waals surface area contributed by atoms with Gasteiger partial charge in [0.2, 0.25) is 0 Å². The molecule has 13 heavy (non-hydrogen) atoms. The average molecular weight is 362 g/mol. The lowest BCUT2D eigenvalue weighted by Gasteiger charge is -2.20. The quantitative estimate of drug-likeness (QED) is 0.351. The molecule has 3 aliphatic rings. The zero-order chi connectivity index (χ0) is 9.00. The third-order valence-corrected chi connectivity index (χ3v) is 15.2. The predicted molar refractivity (Wildman–Crippen MR) is 74.0 cm³/mol. The van der Waals surface area contributed by atoms with E-state index in [1.165, 1.54) is 21.9 Å². The second-order valence-electron chi connectivity index (χ2n) is 3.92. The lowest BCUT2D eigenvalue weighted by molar-refractivity contribution is 0.508. The Labute approximate surface area is 105 Å². The van der Waals surface area contributed by atoms with Gasteiger partial charge in [0.15, 0.2) is 0 Å². The van der Waals surface area contributed by atoms with Crippen molar-refractivity contribution in [1.29, 1.82) is 0 Å². The maximum Gasteiger partial charge on any atom is 0.103 e. The van der Waals surface area contributed by atoms with Crippen LogP contribution in [0.5, 0.6) is 0 Å². The Kier molecular flexibility index (Phi) is 2.88. The molecule has 1 heterocycles. The van der Waals surface area contributed by atoms with Crippen molar-refractivity contribution in [2.75, 3.05) is 0 Å². The second-order valence-corrected chi connectivity index (χ2v) is 13.8. The molecule has 1 aliphatic heterocycles. The Morgan fingerprint density at radius 1 is 1.08 bits per heavy atom. The van der Waals surface area contributed by atoms with Gasteiger partial charge in [-0.1, -0.05) is 21.6 Å². The highest BCUT2D eigenvalue weighted by atomic mass is 79.9. The molecular formula is C8H10Br2S3. The molecule has 0 aromatic rings. The van der Waals surface area contributed by atoms with E-state index in [0.717, 1.165) is 22.3 Å². The summed E-state index contributed by atoms with van der Waals surface area (Å²) in [6.07, 6.45) is 4.55. The first-order valence-electron chi connectivity index (χ1n) is 4.52. The van der Waals surface area contributed by atoms with Gasteiger partial charge in [-0.2, -0.15) is 0 Å². The summed E-state index contributed by atoms with van der Waals surface area (Å²) in [5, 5.41) is 1.97. The van der Waals surface area contributed by atoms with E-state index < -0.39 is 0 Å². The average Bonchev–Trinajstić information content (AvgIpc) is 2.76. The summed E-state index contributed by atoms with van der Waals surface area (Å²) in [4.78, 5) is 0. The van der Waals surface area contributed by atoms with Crippen LogP contribution in [0.4, 0.5) is 0 Å². The molecule has 2 bridgehead atoms. The van der Waals surface area contributed by atoms with Gasteiger partial charge in [-0.25, -0.2) is 0 Å². The molecule has 74 valence electrons. The van der Waals surface area contributed by atoms with Crippen molar-refractivity contribution in [2.24, 2.45) is 11.8 Å². The third-order valence-electron chi connectivity index (χ3n) is 3.29. The zero-order valence-corrected chi connectivity index (χ0v) is 12.5. The van der Waals surface area contributed by atoms with Gasteiger partial charge in [-0.05, 0) is 71.5 Å². The fourth-order valence-electron chi connectivity index (χ4n) is 2.75. The van der Waals surface area contributed by atoms with Crippen molar-refractivity contribution in [1.82, 2.24) is 0 Å². The maximum absolute atomic E-state index is 3.57. The molecule has 2 aliphatic carbocycles. The van der Waals surface area contributed by atoms with Gasteiger partial charge in [0.05, 0.1) is 0 Å². The molecule has 4 atom stereocenters. The minimum absolute atomic E-state index is 0.394. The molecule has 2 saturated carbocycles. The molecule has 5 heteroatoms. The normalized spacial score (nSPS) is 52.6. The van der Waals surface area contributed by atoms with Gasteiger partial charge >= 0.3 is 0 Å². The van der Waals surface area contributed by atoms with E-state index >= 15 is 0 Å².